The van der Waals surface area contributed by atoms with E-state index < -0.39 is 0 Å². The van der Waals surface area contributed by atoms with Gasteiger partial charge in [0.1, 0.15) is 0 Å². The van der Waals surface area contributed by atoms with Gasteiger partial charge in [0.2, 0.25) is 0 Å². The number of hydrogen-bond acceptors (Lipinski definition) is 5. The van der Waals surface area contributed by atoms with Gasteiger partial charge in [0.15, 0.2) is 5.82 Å². The molecule has 1 saturated heterocycles. The summed E-state index contributed by atoms with van der Waals surface area (Å²) in [6.07, 6.45) is 8.81. The second-order valence-electron chi connectivity index (χ2n) is 9.36. The van der Waals surface area contributed by atoms with Crippen molar-refractivity contribution in [3.8, 4) is 11.5 Å². The van der Waals surface area contributed by atoms with Gasteiger partial charge in [-0.2, -0.15) is 4.98 Å². The van der Waals surface area contributed by atoms with Crippen molar-refractivity contribution in [2.24, 2.45) is 5.92 Å². The number of aryl methyl sites for hydroxylation is 2. The summed E-state index contributed by atoms with van der Waals surface area (Å²) in [5.41, 5.74) is 3.70. The third-order valence-electron chi connectivity index (χ3n) is 6.69. The molecule has 1 aliphatic heterocycles. The minimum atomic E-state index is -0.270. The molecule has 0 radical (unpaired) electrons. The monoisotopic (exact) mass is 431 g/mol. The Hall–Kier alpha value is -3.22. The molecule has 2 aromatic heterocycles. The summed E-state index contributed by atoms with van der Waals surface area (Å²) in [5, 5.41) is 7.52. The molecule has 3 aromatic rings. The topological polar surface area (TPSA) is 84.2 Å². The van der Waals surface area contributed by atoms with Gasteiger partial charge >= 0.3 is 6.03 Å². The number of nitrogens with one attached hydrogen (secondary N) is 1. The number of likely N-dealkylation sites (tertiary alicyclic amines) is 1. The Bertz CT molecular complexity index is 1110. The molecule has 0 bridgehead atoms. The number of pyridine rings is 1. The zero-order chi connectivity index (χ0) is 22.1. The number of benzene rings is 1. The maximum absolute atomic E-state index is 13.2. The first-order valence-electron chi connectivity index (χ1n) is 11.4. The lowest BCUT2D eigenvalue weighted by molar-refractivity contribution is 0.143. The van der Waals surface area contributed by atoms with Crippen LogP contribution < -0.4 is 5.32 Å². The number of piperidine rings is 1. The summed E-state index contributed by atoms with van der Waals surface area (Å²) in [4.78, 5) is 24.0. The highest BCUT2D eigenvalue weighted by atomic mass is 16.5. The first kappa shape index (κ1) is 20.7. The number of anilines is 1. The average Bonchev–Trinajstić information content (AvgIpc) is 3.46. The number of urea groups is 1. The predicted octanol–water partition coefficient (Wildman–Crippen LogP) is 5.11. The molecule has 1 N–H and O–H groups in total. The molecule has 1 unspecified atom stereocenters. The Balaban J connectivity index is 1.39. The maximum atomic E-state index is 13.2. The molecule has 7 nitrogen and oxygen atoms in total. The van der Waals surface area contributed by atoms with Crippen molar-refractivity contribution < 1.29 is 9.32 Å². The molecule has 0 spiro atoms. The van der Waals surface area contributed by atoms with E-state index in [2.05, 4.69) is 28.4 Å². The molecule has 2 aliphatic rings. The van der Waals surface area contributed by atoms with Crippen LogP contribution in [-0.4, -0.2) is 39.1 Å². The SMILES string of the molecule is Cc1ccc(NC(=O)N2CCCC(CC3CC3)(c3noc(-c4ccncc4)n3)C2)c(C)c1. The minimum absolute atomic E-state index is 0.0605. The van der Waals surface area contributed by atoms with Gasteiger partial charge in [-0.15, -0.1) is 0 Å². The molecule has 1 aromatic carbocycles. The van der Waals surface area contributed by atoms with E-state index in [1.54, 1.807) is 12.4 Å². The average molecular weight is 432 g/mol. The lowest BCUT2D eigenvalue weighted by Crippen LogP contribution is -2.50. The van der Waals surface area contributed by atoms with E-state index >= 15 is 0 Å². The molecule has 2 fully saturated rings. The van der Waals surface area contributed by atoms with Crippen molar-refractivity contribution in [2.45, 2.75) is 51.4 Å². The Morgan fingerprint density at radius 2 is 2.03 bits per heavy atom. The summed E-state index contributed by atoms with van der Waals surface area (Å²) >= 11 is 0. The Kier molecular flexibility index (Phi) is 5.41. The van der Waals surface area contributed by atoms with Gasteiger partial charge in [-0.05, 0) is 62.8 Å². The number of rotatable bonds is 5. The smallest absolute Gasteiger partial charge is 0.321 e. The van der Waals surface area contributed by atoms with Crippen LogP contribution in [0.15, 0.2) is 47.2 Å². The highest BCUT2D eigenvalue weighted by Gasteiger charge is 2.46. The number of aromatic nitrogens is 3. The van der Waals surface area contributed by atoms with Crippen molar-refractivity contribution in [3.05, 3.63) is 59.7 Å². The van der Waals surface area contributed by atoms with E-state index in [9.17, 15) is 4.79 Å². The highest BCUT2D eigenvalue weighted by molar-refractivity contribution is 5.90. The molecule has 7 heteroatoms. The van der Waals surface area contributed by atoms with Crippen molar-refractivity contribution in [3.63, 3.8) is 0 Å². The van der Waals surface area contributed by atoms with Crippen molar-refractivity contribution in [2.75, 3.05) is 18.4 Å². The van der Waals surface area contributed by atoms with E-state index in [-0.39, 0.29) is 11.4 Å². The molecule has 1 aliphatic carbocycles. The summed E-state index contributed by atoms with van der Waals surface area (Å²) < 4.78 is 5.64. The maximum Gasteiger partial charge on any atom is 0.321 e. The Labute approximate surface area is 188 Å². The number of nitrogens with zero attached hydrogens (tertiary/aromatic N) is 4. The fourth-order valence-electron chi connectivity index (χ4n) is 4.82. The predicted molar refractivity (Wildman–Crippen MR) is 122 cm³/mol. The minimum Gasteiger partial charge on any atom is -0.334 e. The Morgan fingerprint density at radius 1 is 1.22 bits per heavy atom. The van der Waals surface area contributed by atoms with Gasteiger partial charge in [-0.1, -0.05) is 35.7 Å². The molecular weight excluding hydrogens is 402 g/mol. The quantitative estimate of drug-likeness (QED) is 0.606. The summed E-state index contributed by atoms with van der Waals surface area (Å²) in [6, 6.07) is 9.77. The van der Waals surface area contributed by atoms with Crippen LogP contribution in [0.2, 0.25) is 0 Å². The number of carbonyl (C=O) groups is 1. The summed E-state index contributed by atoms with van der Waals surface area (Å²) in [5.74, 6) is 1.91. The van der Waals surface area contributed by atoms with Crippen LogP contribution in [0.1, 0.15) is 49.1 Å². The van der Waals surface area contributed by atoms with Crippen LogP contribution in [0.4, 0.5) is 10.5 Å². The van der Waals surface area contributed by atoms with Crippen molar-refractivity contribution in [1.29, 1.82) is 0 Å². The molecule has 5 rings (SSSR count). The van der Waals surface area contributed by atoms with Crippen LogP contribution in [0, 0.1) is 19.8 Å². The van der Waals surface area contributed by atoms with Gasteiger partial charge in [-0.3, -0.25) is 4.98 Å². The van der Waals surface area contributed by atoms with Gasteiger partial charge in [0.25, 0.3) is 5.89 Å². The zero-order valence-corrected chi connectivity index (χ0v) is 18.7. The molecule has 3 heterocycles. The van der Waals surface area contributed by atoms with Gasteiger partial charge < -0.3 is 14.7 Å². The van der Waals surface area contributed by atoms with E-state index in [1.807, 2.05) is 36.1 Å². The second-order valence-corrected chi connectivity index (χ2v) is 9.36. The molecule has 1 saturated carbocycles. The lowest BCUT2D eigenvalue weighted by atomic mass is 9.75. The molecule has 166 valence electrons. The standard InChI is InChI=1S/C25H29N5O2/c1-17-4-7-21(18(2)14-17)27-24(31)30-13-3-10-25(16-30,15-19-5-6-19)23-28-22(32-29-23)20-8-11-26-12-9-20/h4,7-9,11-12,14,19H,3,5-6,10,13,15-16H2,1-2H3,(H,27,31). The fourth-order valence-corrected chi connectivity index (χ4v) is 4.82. The number of amides is 2. The first-order valence-corrected chi connectivity index (χ1v) is 11.4. The summed E-state index contributed by atoms with van der Waals surface area (Å²) in [6.45, 7) is 5.42. The first-order chi connectivity index (χ1) is 15.5. The summed E-state index contributed by atoms with van der Waals surface area (Å²) in [7, 11) is 0. The van der Waals surface area contributed by atoms with Crippen LogP contribution >= 0.6 is 0 Å². The van der Waals surface area contributed by atoms with Crippen molar-refractivity contribution >= 4 is 11.7 Å². The molecule has 1 atom stereocenters. The fraction of sp³-hybridized carbons (Fsp3) is 0.440. The van der Waals surface area contributed by atoms with Crippen LogP contribution in [0.25, 0.3) is 11.5 Å². The van der Waals surface area contributed by atoms with Gasteiger partial charge in [0.05, 0.1) is 5.41 Å². The zero-order valence-electron chi connectivity index (χ0n) is 18.7. The third-order valence-corrected chi connectivity index (χ3v) is 6.69. The van der Waals surface area contributed by atoms with E-state index in [0.717, 1.165) is 48.4 Å². The molecular formula is C25H29N5O2. The Morgan fingerprint density at radius 3 is 2.78 bits per heavy atom. The highest BCUT2D eigenvalue weighted by Crippen LogP contribution is 2.46. The van der Waals surface area contributed by atoms with Gasteiger partial charge in [0, 0.05) is 36.7 Å². The third kappa shape index (κ3) is 4.24. The lowest BCUT2D eigenvalue weighted by Gasteiger charge is -2.41. The van der Waals surface area contributed by atoms with Crippen molar-refractivity contribution in [1.82, 2.24) is 20.0 Å². The number of carbonyl (C=O) groups excluding carboxylic acids is 1. The van der Waals surface area contributed by atoms with E-state index in [1.165, 1.54) is 18.4 Å². The van der Waals surface area contributed by atoms with Crippen LogP contribution in [0.3, 0.4) is 0 Å². The molecule has 2 amide bonds. The largest absolute Gasteiger partial charge is 0.334 e. The van der Waals surface area contributed by atoms with E-state index in [4.69, 9.17) is 9.51 Å². The van der Waals surface area contributed by atoms with Crippen LogP contribution in [0.5, 0.6) is 0 Å². The molecule has 32 heavy (non-hydrogen) atoms. The second kappa shape index (κ2) is 8.37. The number of hydrogen-bond donors (Lipinski definition) is 1. The van der Waals surface area contributed by atoms with E-state index in [0.29, 0.717) is 18.4 Å². The van der Waals surface area contributed by atoms with Gasteiger partial charge in [-0.25, -0.2) is 4.79 Å². The normalized spacial score (nSPS) is 20.9. The van der Waals surface area contributed by atoms with Crippen LogP contribution in [-0.2, 0) is 5.41 Å².